The molecule has 0 aliphatic rings. The Morgan fingerprint density at radius 2 is 1.50 bits per heavy atom. The van der Waals surface area contributed by atoms with E-state index in [9.17, 15) is 0 Å². The molecule has 4 heteroatoms. The first-order valence-electron chi connectivity index (χ1n) is 8.38. The van der Waals surface area contributed by atoms with Crippen LogP contribution in [0.3, 0.4) is 0 Å². The molecule has 0 amide bonds. The van der Waals surface area contributed by atoms with Gasteiger partial charge in [0.25, 0.3) is 0 Å². The number of hydrogen-bond acceptors (Lipinski definition) is 2. The monoisotopic (exact) mass is 342 g/mol. The highest BCUT2D eigenvalue weighted by Gasteiger charge is 2.17. The minimum Gasteiger partial charge on any atom is -0.457 e. The van der Waals surface area contributed by atoms with Gasteiger partial charge in [-0.15, -0.1) is 0 Å². The van der Waals surface area contributed by atoms with Gasteiger partial charge >= 0.3 is 0 Å². The fourth-order valence-electron chi connectivity index (χ4n) is 2.26. The minimum atomic E-state index is 0.191. The summed E-state index contributed by atoms with van der Waals surface area (Å²) in [5.41, 5.74) is 2.46. The number of rotatable bonds is 6. The Labute approximate surface area is 150 Å². The Hall–Kier alpha value is -2.07. The van der Waals surface area contributed by atoms with Crippen LogP contribution >= 0.6 is 12.2 Å². The maximum Gasteiger partial charge on any atom is 0.170 e. The lowest BCUT2D eigenvalue weighted by Gasteiger charge is -2.23. The van der Waals surface area contributed by atoms with E-state index in [1.54, 1.807) is 0 Å². The molecule has 0 heterocycles. The van der Waals surface area contributed by atoms with Crippen LogP contribution in [0, 0.1) is 0 Å². The fourth-order valence-corrected chi connectivity index (χ4v) is 2.52. The van der Waals surface area contributed by atoms with Crippen molar-refractivity contribution in [3.05, 3.63) is 54.1 Å². The summed E-state index contributed by atoms with van der Waals surface area (Å²) in [7, 11) is 0. The van der Waals surface area contributed by atoms with E-state index in [0.717, 1.165) is 30.2 Å². The SMILES string of the molecule is CCNC(=S)Nc1ccc(Oc2ccc(C(C)(C)CC)cc2)cc1. The Balaban J connectivity index is 2.00. The van der Waals surface area contributed by atoms with Gasteiger partial charge < -0.3 is 15.4 Å². The van der Waals surface area contributed by atoms with Crippen molar-refractivity contribution in [2.45, 2.75) is 39.5 Å². The summed E-state index contributed by atoms with van der Waals surface area (Å²) in [6.07, 6.45) is 1.11. The summed E-state index contributed by atoms with van der Waals surface area (Å²) in [6.45, 7) is 9.54. The van der Waals surface area contributed by atoms with Gasteiger partial charge in [-0.3, -0.25) is 0 Å². The molecule has 0 atom stereocenters. The lowest BCUT2D eigenvalue weighted by molar-refractivity contribution is 0.478. The zero-order valence-corrected chi connectivity index (χ0v) is 15.7. The molecule has 3 nitrogen and oxygen atoms in total. The van der Waals surface area contributed by atoms with E-state index in [-0.39, 0.29) is 5.41 Å². The number of hydrogen-bond donors (Lipinski definition) is 2. The molecule has 0 saturated heterocycles. The summed E-state index contributed by atoms with van der Waals surface area (Å²) in [5.74, 6) is 1.65. The third-order valence-corrected chi connectivity index (χ3v) is 4.45. The first-order chi connectivity index (χ1) is 11.4. The van der Waals surface area contributed by atoms with Gasteiger partial charge in [0.2, 0.25) is 0 Å². The quantitative estimate of drug-likeness (QED) is 0.682. The fraction of sp³-hybridized carbons (Fsp3) is 0.350. The van der Waals surface area contributed by atoms with Gasteiger partial charge in [-0.25, -0.2) is 0 Å². The molecule has 24 heavy (non-hydrogen) atoms. The van der Waals surface area contributed by atoms with Gasteiger partial charge in [0.15, 0.2) is 5.11 Å². The van der Waals surface area contributed by atoms with E-state index in [4.69, 9.17) is 17.0 Å². The van der Waals surface area contributed by atoms with Gasteiger partial charge in [-0.05, 0) is 72.9 Å². The summed E-state index contributed by atoms with van der Waals surface area (Å²) >= 11 is 5.17. The maximum atomic E-state index is 5.91. The van der Waals surface area contributed by atoms with E-state index in [0.29, 0.717) is 5.11 Å². The first-order valence-corrected chi connectivity index (χ1v) is 8.78. The van der Waals surface area contributed by atoms with Crippen LogP contribution < -0.4 is 15.4 Å². The molecule has 0 bridgehead atoms. The smallest absolute Gasteiger partial charge is 0.170 e. The highest BCUT2D eigenvalue weighted by molar-refractivity contribution is 7.80. The molecule has 0 unspecified atom stereocenters. The largest absolute Gasteiger partial charge is 0.457 e. The molecule has 2 aromatic rings. The molecule has 0 aliphatic heterocycles. The van der Waals surface area contributed by atoms with Crippen LogP contribution in [0.4, 0.5) is 5.69 Å². The number of thiocarbonyl (C=S) groups is 1. The van der Waals surface area contributed by atoms with E-state index >= 15 is 0 Å². The molecule has 0 radical (unpaired) electrons. The average Bonchev–Trinajstić information content (AvgIpc) is 2.57. The lowest BCUT2D eigenvalue weighted by Crippen LogP contribution is -2.27. The Kier molecular flexibility index (Phi) is 6.21. The molecule has 0 aliphatic carbocycles. The van der Waals surface area contributed by atoms with Crippen LogP contribution in [0.15, 0.2) is 48.5 Å². The molecule has 128 valence electrons. The van der Waals surface area contributed by atoms with Crippen molar-refractivity contribution >= 4 is 23.0 Å². The van der Waals surface area contributed by atoms with Crippen molar-refractivity contribution in [1.82, 2.24) is 5.32 Å². The molecular weight excluding hydrogens is 316 g/mol. The molecule has 0 saturated carbocycles. The van der Waals surface area contributed by atoms with Gasteiger partial charge in [-0.2, -0.15) is 0 Å². The highest BCUT2D eigenvalue weighted by atomic mass is 32.1. The Morgan fingerprint density at radius 3 is 2.00 bits per heavy atom. The number of ether oxygens (including phenoxy) is 1. The molecule has 2 rings (SSSR count). The topological polar surface area (TPSA) is 33.3 Å². The van der Waals surface area contributed by atoms with Crippen molar-refractivity contribution in [2.24, 2.45) is 0 Å². The van der Waals surface area contributed by atoms with Crippen LogP contribution in [0.2, 0.25) is 0 Å². The van der Waals surface area contributed by atoms with Crippen molar-refractivity contribution in [3.63, 3.8) is 0 Å². The predicted octanol–water partition coefficient (Wildman–Crippen LogP) is 5.47. The zero-order chi connectivity index (χ0) is 17.6. The van der Waals surface area contributed by atoms with Gasteiger partial charge in [0, 0.05) is 12.2 Å². The predicted molar refractivity (Wildman–Crippen MR) is 106 cm³/mol. The van der Waals surface area contributed by atoms with Crippen LogP contribution in [-0.4, -0.2) is 11.7 Å². The van der Waals surface area contributed by atoms with Crippen LogP contribution in [0.1, 0.15) is 39.7 Å². The normalized spacial score (nSPS) is 11.0. The Morgan fingerprint density at radius 1 is 0.958 bits per heavy atom. The molecule has 0 spiro atoms. The van der Waals surface area contributed by atoms with E-state index in [1.165, 1.54) is 5.56 Å². The van der Waals surface area contributed by atoms with E-state index in [1.807, 2.05) is 43.3 Å². The Bertz CT molecular complexity index is 663. The van der Waals surface area contributed by atoms with E-state index < -0.39 is 0 Å². The van der Waals surface area contributed by atoms with Gasteiger partial charge in [0.05, 0.1) is 0 Å². The molecule has 0 fully saturated rings. The van der Waals surface area contributed by atoms with Gasteiger partial charge in [-0.1, -0.05) is 32.9 Å². The summed E-state index contributed by atoms with van der Waals surface area (Å²) in [6, 6.07) is 16.1. The zero-order valence-electron chi connectivity index (χ0n) is 14.8. The summed E-state index contributed by atoms with van der Waals surface area (Å²) < 4.78 is 5.91. The molecule has 2 N–H and O–H groups in total. The van der Waals surface area contributed by atoms with Crippen molar-refractivity contribution in [2.75, 3.05) is 11.9 Å². The summed E-state index contributed by atoms with van der Waals surface area (Å²) in [5, 5.41) is 6.81. The molecule has 2 aromatic carbocycles. The highest BCUT2D eigenvalue weighted by Crippen LogP contribution is 2.29. The third kappa shape index (κ3) is 4.96. The second kappa shape index (κ2) is 8.15. The lowest BCUT2D eigenvalue weighted by atomic mass is 9.82. The second-order valence-electron chi connectivity index (χ2n) is 6.37. The maximum absolute atomic E-state index is 5.91. The van der Waals surface area contributed by atoms with Gasteiger partial charge in [0.1, 0.15) is 11.5 Å². The number of nitrogens with one attached hydrogen (secondary N) is 2. The first kappa shape index (κ1) is 18.3. The number of benzene rings is 2. The summed E-state index contributed by atoms with van der Waals surface area (Å²) in [4.78, 5) is 0. The van der Waals surface area contributed by atoms with Crippen LogP contribution in [0.25, 0.3) is 0 Å². The minimum absolute atomic E-state index is 0.191. The standard InChI is InChI=1S/C20H26N2OS/c1-5-20(3,4)15-7-11-17(12-8-15)23-18-13-9-16(10-14-18)22-19(24)21-6-2/h7-14H,5-6H2,1-4H3,(H2,21,22,24). The second-order valence-corrected chi connectivity index (χ2v) is 6.78. The van der Waals surface area contributed by atoms with Crippen molar-refractivity contribution in [3.8, 4) is 11.5 Å². The van der Waals surface area contributed by atoms with Crippen LogP contribution in [0.5, 0.6) is 11.5 Å². The van der Waals surface area contributed by atoms with E-state index in [2.05, 4.69) is 43.5 Å². The third-order valence-electron chi connectivity index (χ3n) is 4.20. The van der Waals surface area contributed by atoms with Crippen LogP contribution in [-0.2, 0) is 5.41 Å². The molecule has 0 aromatic heterocycles. The number of anilines is 1. The average molecular weight is 343 g/mol. The molecular formula is C20H26N2OS. The van der Waals surface area contributed by atoms with Crippen molar-refractivity contribution in [1.29, 1.82) is 0 Å². The van der Waals surface area contributed by atoms with Crippen molar-refractivity contribution < 1.29 is 4.74 Å².